The van der Waals surface area contributed by atoms with Gasteiger partial charge < -0.3 is 10.1 Å². The molecule has 1 saturated heterocycles. The van der Waals surface area contributed by atoms with Crippen molar-refractivity contribution in [1.82, 2.24) is 0 Å². The molecule has 3 amide bonds. The first-order valence-electron chi connectivity index (χ1n) is 13.5. The summed E-state index contributed by atoms with van der Waals surface area (Å²) in [6.45, 7) is 1.63. The number of esters is 1. The summed E-state index contributed by atoms with van der Waals surface area (Å²) in [7, 11) is 0. The Morgan fingerprint density at radius 1 is 0.872 bits per heavy atom. The maximum atomic E-state index is 13.5. The van der Waals surface area contributed by atoms with Crippen LogP contribution in [-0.4, -0.2) is 30.3 Å². The van der Waals surface area contributed by atoms with Crippen molar-refractivity contribution in [2.45, 2.75) is 32.1 Å². The number of fused-ring (bicyclic) bond motifs is 5. The molecule has 3 aromatic rings. The van der Waals surface area contributed by atoms with E-state index in [2.05, 4.69) is 24.4 Å². The monoisotopic (exact) mass is 522 g/mol. The van der Waals surface area contributed by atoms with Gasteiger partial charge in [-0.1, -0.05) is 49.4 Å². The van der Waals surface area contributed by atoms with Gasteiger partial charge in [-0.05, 0) is 84.5 Å². The first-order chi connectivity index (χ1) is 18.9. The molecule has 0 unspecified atom stereocenters. The topological polar surface area (TPSA) is 92.8 Å². The SMILES string of the molecule is CCc1ccc(NC(=O)COC(=O)c2ccc(N3C(=O)[C@@H]4[C@@H]5C[C@@H]([C@H]4C3=O)[C@@H](c3ccccc3)C5)cc2)cc1. The molecule has 1 aliphatic heterocycles. The Bertz CT molecular complexity index is 1420. The van der Waals surface area contributed by atoms with Gasteiger partial charge in [-0.2, -0.15) is 0 Å². The summed E-state index contributed by atoms with van der Waals surface area (Å²) in [5, 5.41) is 2.70. The van der Waals surface area contributed by atoms with Gasteiger partial charge in [0.1, 0.15) is 0 Å². The molecule has 3 aromatic carbocycles. The van der Waals surface area contributed by atoms with Crippen LogP contribution in [0.4, 0.5) is 11.4 Å². The van der Waals surface area contributed by atoms with Gasteiger partial charge in [0.05, 0.1) is 23.1 Å². The highest BCUT2D eigenvalue weighted by Gasteiger charge is 2.64. The van der Waals surface area contributed by atoms with Crippen LogP contribution in [-0.2, 0) is 25.5 Å². The fourth-order valence-corrected chi connectivity index (χ4v) is 6.78. The fourth-order valence-electron chi connectivity index (χ4n) is 6.78. The Balaban J connectivity index is 1.08. The molecule has 0 radical (unpaired) electrons. The van der Waals surface area contributed by atoms with Crippen molar-refractivity contribution in [2.24, 2.45) is 23.7 Å². The normalized spacial score (nSPS) is 25.1. The lowest BCUT2D eigenvalue weighted by Gasteiger charge is -2.28. The van der Waals surface area contributed by atoms with Gasteiger partial charge in [0.15, 0.2) is 6.61 Å². The third-order valence-corrected chi connectivity index (χ3v) is 8.58. The Hall–Kier alpha value is -4.26. The Kier molecular flexibility index (Phi) is 6.51. The molecule has 3 fully saturated rings. The number of amides is 3. The van der Waals surface area contributed by atoms with Crippen LogP contribution in [0.25, 0.3) is 0 Å². The predicted molar refractivity (Wildman–Crippen MR) is 146 cm³/mol. The molecule has 0 aromatic heterocycles. The van der Waals surface area contributed by atoms with Gasteiger partial charge in [0.2, 0.25) is 11.8 Å². The maximum Gasteiger partial charge on any atom is 0.338 e. The number of carbonyl (C=O) groups is 4. The molecule has 7 nitrogen and oxygen atoms in total. The molecule has 0 spiro atoms. The van der Waals surface area contributed by atoms with E-state index in [1.54, 1.807) is 24.3 Å². The van der Waals surface area contributed by atoms with Gasteiger partial charge in [-0.25, -0.2) is 4.79 Å². The number of carbonyl (C=O) groups excluding carboxylic acids is 4. The highest BCUT2D eigenvalue weighted by atomic mass is 16.5. The summed E-state index contributed by atoms with van der Waals surface area (Å²) >= 11 is 0. The highest BCUT2D eigenvalue weighted by Crippen LogP contribution is 2.61. The second-order valence-electron chi connectivity index (χ2n) is 10.7. The summed E-state index contributed by atoms with van der Waals surface area (Å²) in [5.41, 5.74) is 3.73. The zero-order valence-electron chi connectivity index (χ0n) is 21.7. The van der Waals surface area contributed by atoms with Gasteiger partial charge >= 0.3 is 5.97 Å². The van der Waals surface area contributed by atoms with Crippen LogP contribution in [0.2, 0.25) is 0 Å². The van der Waals surface area contributed by atoms with Crippen LogP contribution >= 0.6 is 0 Å². The third kappa shape index (κ3) is 4.52. The first kappa shape index (κ1) is 25.0. The molecule has 1 heterocycles. The average Bonchev–Trinajstić information content (AvgIpc) is 3.64. The van der Waals surface area contributed by atoms with Crippen LogP contribution in [0, 0.1) is 23.7 Å². The number of nitrogens with one attached hydrogen (secondary N) is 1. The van der Waals surface area contributed by atoms with Crippen molar-refractivity contribution < 1.29 is 23.9 Å². The van der Waals surface area contributed by atoms with Crippen molar-refractivity contribution >= 4 is 35.1 Å². The minimum absolute atomic E-state index is 0.136. The molecule has 39 heavy (non-hydrogen) atoms. The molecule has 2 aliphatic carbocycles. The number of hydrogen-bond acceptors (Lipinski definition) is 5. The van der Waals surface area contributed by atoms with E-state index in [0.717, 1.165) is 24.8 Å². The van der Waals surface area contributed by atoms with Gasteiger partial charge in [-0.15, -0.1) is 0 Å². The lowest BCUT2D eigenvalue weighted by molar-refractivity contribution is -0.123. The number of benzene rings is 3. The number of ether oxygens (including phenoxy) is 1. The number of rotatable bonds is 7. The Labute approximate surface area is 227 Å². The van der Waals surface area contributed by atoms with E-state index < -0.39 is 18.5 Å². The van der Waals surface area contributed by atoms with Crippen LogP contribution in [0.1, 0.15) is 47.2 Å². The molecule has 5 atom stereocenters. The molecule has 1 N–H and O–H groups in total. The van der Waals surface area contributed by atoms with Crippen molar-refractivity contribution in [2.75, 3.05) is 16.8 Å². The van der Waals surface area contributed by atoms with Crippen LogP contribution in [0.5, 0.6) is 0 Å². The van der Waals surface area contributed by atoms with E-state index in [4.69, 9.17) is 4.74 Å². The smallest absolute Gasteiger partial charge is 0.338 e. The second kappa shape index (κ2) is 10.1. The van der Waals surface area contributed by atoms with E-state index >= 15 is 0 Å². The van der Waals surface area contributed by atoms with E-state index in [1.807, 2.05) is 30.3 Å². The summed E-state index contributed by atoms with van der Waals surface area (Å²) in [5.74, 6) is -1.22. The number of imide groups is 1. The Morgan fingerprint density at radius 2 is 1.56 bits per heavy atom. The zero-order chi connectivity index (χ0) is 27.1. The molecule has 3 aliphatic rings. The molecular weight excluding hydrogens is 492 g/mol. The molecule has 198 valence electrons. The van der Waals surface area contributed by atoms with E-state index in [0.29, 0.717) is 17.3 Å². The second-order valence-corrected chi connectivity index (χ2v) is 10.7. The predicted octanol–water partition coefficient (Wildman–Crippen LogP) is 4.97. The van der Waals surface area contributed by atoms with Gasteiger partial charge in [0, 0.05) is 5.69 Å². The minimum atomic E-state index is -0.655. The quantitative estimate of drug-likeness (QED) is 0.349. The minimum Gasteiger partial charge on any atom is -0.452 e. The summed E-state index contributed by atoms with van der Waals surface area (Å²) in [6, 6.07) is 24.0. The highest BCUT2D eigenvalue weighted by molar-refractivity contribution is 6.22. The number of aryl methyl sites for hydroxylation is 1. The van der Waals surface area contributed by atoms with Crippen molar-refractivity contribution in [3.05, 3.63) is 95.6 Å². The molecule has 2 bridgehead atoms. The standard InChI is InChI=1S/C32H30N2O5/c1-2-19-8-12-23(13-9-19)33-27(35)18-39-32(38)21-10-14-24(15-11-21)34-30(36)28-22-16-25(20-6-4-3-5-7-20)26(17-22)29(28)31(34)37/h3-15,22,25-26,28-29H,2,16-18H2,1H3,(H,33,35)/t22-,25+,26+,28+,29+/m0/s1. The zero-order valence-corrected chi connectivity index (χ0v) is 21.7. The van der Waals surface area contributed by atoms with E-state index in [-0.39, 0.29) is 41.0 Å². The molecule has 7 heteroatoms. The number of nitrogens with zero attached hydrogens (tertiary/aromatic N) is 1. The molecule has 6 rings (SSSR count). The van der Waals surface area contributed by atoms with Crippen LogP contribution < -0.4 is 10.2 Å². The van der Waals surface area contributed by atoms with Crippen LogP contribution in [0.15, 0.2) is 78.9 Å². The summed E-state index contributed by atoms with van der Waals surface area (Å²) < 4.78 is 5.17. The third-order valence-electron chi connectivity index (χ3n) is 8.58. The van der Waals surface area contributed by atoms with Crippen molar-refractivity contribution in [3.63, 3.8) is 0 Å². The number of anilines is 2. The fraction of sp³-hybridized carbons (Fsp3) is 0.312. The van der Waals surface area contributed by atoms with Gasteiger partial charge in [0.25, 0.3) is 5.91 Å². The van der Waals surface area contributed by atoms with E-state index in [1.165, 1.54) is 22.6 Å². The van der Waals surface area contributed by atoms with Gasteiger partial charge in [-0.3, -0.25) is 19.3 Å². The van der Waals surface area contributed by atoms with Crippen molar-refractivity contribution in [3.8, 4) is 0 Å². The lowest BCUT2D eigenvalue weighted by atomic mass is 9.73. The maximum absolute atomic E-state index is 13.5. The summed E-state index contributed by atoms with van der Waals surface area (Å²) in [4.78, 5) is 52.9. The van der Waals surface area contributed by atoms with E-state index in [9.17, 15) is 19.2 Å². The largest absolute Gasteiger partial charge is 0.452 e. The van der Waals surface area contributed by atoms with Crippen LogP contribution in [0.3, 0.4) is 0 Å². The average molecular weight is 523 g/mol. The number of hydrogen-bond donors (Lipinski definition) is 1. The lowest BCUT2D eigenvalue weighted by Crippen LogP contribution is -2.33. The summed E-state index contributed by atoms with van der Waals surface area (Å²) in [6.07, 6.45) is 2.76. The molecular formula is C32H30N2O5. The van der Waals surface area contributed by atoms with Crippen molar-refractivity contribution in [1.29, 1.82) is 0 Å². The Morgan fingerprint density at radius 3 is 2.26 bits per heavy atom. The first-order valence-corrected chi connectivity index (χ1v) is 13.5. The molecule has 2 saturated carbocycles.